The van der Waals surface area contributed by atoms with Gasteiger partial charge in [-0.25, -0.2) is 9.20 Å². The number of pyridine rings is 1. The summed E-state index contributed by atoms with van der Waals surface area (Å²) in [5.41, 5.74) is 5.62. The van der Waals surface area contributed by atoms with Gasteiger partial charge in [-0.3, -0.25) is 9.69 Å². The Kier molecular flexibility index (Phi) is 4.24. The van der Waals surface area contributed by atoms with Crippen LogP contribution in [0.2, 0.25) is 0 Å². The first-order chi connectivity index (χ1) is 9.84. The summed E-state index contributed by atoms with van der Waals surface area (Å²) >= 11 is 0. The van der Waals surface area contributed by atoms with Crippen LogP contribution in [0.3, 0.4) is 0 Å². The molecule has 0 amide bonds. The molecule has 2 aromatic heterocycles. The van der Waals surface area contributed by atoms with Crippen LogP contribution >= 0.6 is 0 Å². The van der Waals surface area contributed by atoms with Gasteiger partial charge in [0, 0.05) is 12.7 Å². The number of hydrogen-bond donors (Lipinski definition) is 1. The van der Waals surface area contributed by atoms with Crippen LogP contribution in [-0.2, 0) is 0 Å². The average molecular weight is 291 g/mol. The van der Waals surface area contributed by atoms with Gasteiger partial charge in [-0.05, 0) is 31.1 Å². The number of aromatic nitrogens is 3. The first-order valence-corrected chi connectivity index (χ1v) is 6.82. The van der Waals surface area contributed by atoms with Crippen molar-refractivity contribution in [2.45, 2.75) is 13.8 Å². The second-order valence-corrected chi connectivity index (χ2v) is 6.06. The Morgan fingerprint density at radius 1 is 1.43 bits per heavy atom. The fourth-order valence-electron chi connectivity index (χ4n) is 2.24. The standard InChI is InChI=1S/C14H21N5O2/c1-14(2,9-15)10-17(3)8-12(20)19-13(21)18-7-5-4-6-11(18)16-19/h4-7H,8-10,15H2,1-3H3. The molecule has 2 rings (SSSR count). The van der Waals surface area contributed by atoms with Crippen molar-refractivity contribution in [3.63, 3.8) is 0 Å². The molecule has 21 heavy (non-hydrogen) atoms. The van der Waals surface area contributed by atoms with E-state index in [0.29, 0.717) is 18.7 Å². The van der Waals surface area contributed by atoms with Gasteiger partial charge in [-0.1, -0.05) is 19.9 Å². The highest BCUT2D eigenvalue weighted by molar-refractivity contribution is 5.80. The van der Waals surface area contributed by atoms with E-state index in [0.717, 1.165) is 4.68 Å². The Bertz CT molecular complexity index is 701. The van der Waals surface area contributed by atoms with Gasteiger partial charge in [-0.15, -0.1) is 9.78 Å². The topological polar surface area (TPSA) is 85.6 Å². The van der Waals surface area contributed by atoms with Crippen LogP contribution < -0.4 is 11.4 Å². The molecule has 7 nitrogen and oxygen atoms in total. The number of likely N-dealkylation sites (N-methyl/N-ethyl adjacent to an activating group) is 1. The lowest BCUT2D eigenvalue weighted by molar-refractivity contribution is 0.0821. The third-order valence-corrected chi connectivity index (χ3v) is 3.32. The van der Waals surface area contributed by atoms with E-state index in [1.165, 1.54) is 4.40 Å². The first kappa shape index (κ1) is 15.4. The molecule has 114 valence electrons. The molecule has 0 bridgehead atoms. The number of nitrogens with two attached hydrogens (primary N) is 1. The largest absolute Gasteiger partial charge is 0.357 e. The van der Waals surface area contributed by atoms with Crippen molar-refractivity contribution in [2.75, 3.05) is 26.7 Å². The van der Waals surface area contributed by atoms with Gasteiger partial charge < -0.3 is 5.73 Å². The molecule has 0 aliphatic heterocycles. The summed E-state index contributed by atoms with van der Waals surface area (Å²) < 4.78 is 2.27. The highest BCUT2D eigenvalue weighted by Crippen LogP contribution is 2.13. The fraction of sp³-hybridized carbons (Fsp3) is 0.500. The minimum atomic E-state index is -0.443. The average Bonchev–Trinajstić information content (AvgIpc) is 2.76. The highest BCUT2D eigenvalue weighted by Gasteiger charge is 2.21. The molecule has 7 heteroatoms. The van der Waals surface area contributed by atoms with Crippen molar-refractivity contribution in [1.29, 1.82) is 0 Å². The predicted molar refractivity (Wildman–Crippen MR) is 80.4 cm³/mol. The maximum absolute atomic E-state index is 12.2. The zero-order chi connectivity index (χ0) is 15.6. The van der Waals surface area contributed by atoms with Crippen LogP contribution in [0.5, 0.6) is 0 Å². The molecule has 2 heterocycles. The van der Waals surface area contributed by atoms with Crippen LogP contribution in [0.1, 0.15) is 18.6 Å². The lowest BCUT2D eigenvalue weighted by Gasteiger charge is -2.28. The van der Waals surface area contributed by atoms with E-state index in [1.54, 1.807) is 24.4 Å². The van der Waals surface area contributed by atoms with Gasteiger partial charge in [0.1, 0.15) is 0 Å². The van der Waals surface area contributed by atoms with Crippen molar-refractivity contribution in [2.24, 2.45) is 11.1 Å². The zero-order valence-electron chi connectivity index (χ0n) is 12.6. The minimum absolute atomic E-state index is 0.0844. The molecular weight excluding hydrogens is 270 g/mol. The zero-order valence-corrected chi connectivity index (χ0v) is 12.6. The van der Waals surface area contributed by atoms with Gasteiger partial charge in [0.2, 0.25) is 0 Å². The van der Waals surface area contributed by atoms with Gasteiger partial charge in [0.15, 0.2) is 5.65 Å². The normalized spacial score (nSPS) is 12.2. The number of carbonyl (C=O) groups excluding carboxylic acids is 1. The number of nitrogens with zero attached hydrogens (tertiary/aromatic N) is 4. The molecule has 2 N–H and O–H groups in total. The molecule has 0 saturated heterocycles. The Balaban J connectivity index is 2.16. The van der Waals surface area contributed by atoms with Crippen molar-refractivity contribution in [3.05, 3.63) is 34.9 Å². The van der Waals surface area contributed by atoms with Gasteiger partial charge in [0.05, 0.1) is 6.54 Å². The number of hydrogen-bond acceptors (Lipinski definition) is 5. The lowest BCUT2D eigenvalue weighted by Crippen LogP contribution is -2.41. The molecule has 0 radical (unpaired) electrons. The smallest absolute Gasteiger partial charge is 0.330 e. The number of rotatable bonds is 5. The van der Waals surface area contributed by atoms with Crippen LogP contribution in [0.25, 0.3) is 5.65 Å². The van der Waals surface area contributed by atoms with Crippen molar-refractivity contribution >= 4 is 11.6 Å². The Morgan fingerprint density at radius 2 is 2.14 bits per heavy atom. The van der Waals surface area contributed by atoms with Crippen LogP contribution in [0.15, 0.2) is 29.2 Å². The van der Waals surface area contributed by atoms with Crippen LogP contribution in [-0.4, -0.2) is 51.7 Å². The molecule has 0 saturated carbocycles. The van der Waals surface area contributed by atoms with E-state index in [4.69, 9.17) is 5.73 Å². The summed E-state index contributed by atoms with van der Waals surface area (Å²) in [5.74, 6) is -0.348. The van der Waals surface area contributed by atoms with E-state index in [9.17, 15) is 9.59 Å². The summed E-state index contributed by atoms with van der Waals surface area (Å²) in [6.45, 7) is 5.38. The fourth-order valence-corrected chi connectivity index (χ4v) is 2.24. The monoisotopic (exact) mass is 291 g/mol. The molecule has 0 aliphatic carbocycles. The lowest BCUT2D eigenvalue weighted by atomic mass is 9.93. The molecule has 0 atom stereocenters. The van der Waals surface area contributed by atoms with Crippen LogP contribution in [0, 0.1) is 5.41 Å². The third-order valence-electron chi connectivity index (χ3n) is 3.32. The summed E-state index contributed by atoms with van der Waals surface area (Å²) in [7, 11) is 1.83. The van der Waals surface area contributed by atoms with E-state index in [-0.39, 0.29) is 17.9 Å². The van der Waals surface area contributed by atoms with Gasteiger partial charge in [-0.2, -0.15) is 0 Å². The predicted octanol–water partition coefficient (Wildman–Crippen LogP) is 0.0529. The summed E-state index contributed by atoms with van der Waals surface area (Å²) in [4.78, 5) is 26.2. The summed E-state index contributed by atoms with van der Waals surface area (Å²) in [6.07, 6.45) is 1.59. The molecule has 0 fully saturated rings. The number of fused-ring (bicyclic) bond motifs is 1. The van der Waals surface area contributed by atoms with E-state index in [1.807, 2.05) is 25.8 Å². The number of carbonyl (C=O) groups is 1. The summed E-state index contributed by atoms with van der Waals surface area (Å²) in [6, 6.07) is 5.18. The quantitative estimate of drug-likeness (QED) is 0.841. The Morgan fingerprint density at radius 3 is 2.76 bits per heavy atom. The SMILES string of the molecule is CN(CC(=O)n1nc2ccccn2c1=O)CC(C)(C)CN. The molecule has 2 aromatic rings. The highest BCUT2D eigenvalue weighted by atomic mass is 16.2. The van der Waals surface area contributed by atoms with Gasteiger partial charge in [0.25, 0.3) is 5.91 Å². The maximum atomic E-state index is 12.2. The Hall–Kier alpha value is -1.99. The second-order valence-electron chi connectivity index (χ2n) is 6.06. The van der Waals surface area contributed by atoms with Crippen LogP contribution in [0.4, 0.5) is 0 Å². The molecule has 0 spiro atoms. The third kappa shape index (κ3) is 3.37. The van der Waals surface area contributed by atoms with Crippen molar-refractivity contribution in [3.8, 4) is 0 Å². The molecule has 0 unspecified atom stereocenters. The second kappa shape index (κ2) is 5.79. The van der Waals surface area contributed by atoms with Crippen molar-refractivity contribution < 1.29 is 4.79 Å². The summed E-state index contributed by atoms with van der Waals surface area (Å²) in [5, 5.41) is 4.05. The van der Waals surface area contributed by atoms with E-state index < -0.39 is 5.69 Å². The van der Waals surface area contributed by atoms with E-state index >= 15 is 0 Å². The molecule has 0 aromatic carbocycles. The van der Waals surface area contributed by atoms with Crippen molar-refractivity contribution in [1.82, 2.24) is 19.1 Å². The Labute approximate surface area is 123 Å². The molecular formula is C14H21N5O2. The van der Waals surface area contributed by atoms with E-state index in [2.05, 4.69) is 5.10 Å². The maximum Gasteiger partial charge on any atom is 0.357 e. The minimum Gasteiger partial charge on any atom is -0.330 e. The first-order valence-electron chi connectivity index (χ1n) is 6.82. The van der Waals surface area contributed by atoms with Gasteiger partial charge >= 0.3 is 5.69 Å². The molecule has 0 aliphatic rings.